The van der Waals surface area contributed by atoms with Gasteiger partial charge in [-0.05, 0) is 57.1 Å². The molecule has 1 aromatic rings. The Morgan fingerprint density at radius 3 is 2.32 bits per heavy atom. The Morgan fingerprint density at radius 2 is 1.71 bits per heavy atom. The van der Waals surface area contributed by atoms with Crippen LogP contribution in [0.15, 0.2) is 23.1 Å². The number of piperazine rings is 1. The topological polar surface area (TPSA) is 90.0 Å². The van der Waals surface area contributed by atoms with E-state index in [0.717, 1.165) is 24.0 Å². The summed E-state index contributed by atoms with van der Waals surface area (Å²) in [7, 11) is -3.56. The predicted octanol–water partition coefficient (Wildman–Crippen LogP) is 2.07. The largest absolute Gasteiger partial charge is 0.326 e. The molecule has 3 amide bonds. The third-order valence-electron chi connectivity index (χ3n) is 6.99. The number of imide groups is 1. The summed E-state index contributed by atoms with van der Waals surface area (Å²) >= 11 is 0. The van der Waals surface area contributed by atoms with Gasteiger partial charge >= 0.3 is 6.03 Å². The first kappa shape index (κ1) is 22.2. The Hall–Kier alpha value is -1.97. The highest BCUT2D eigenvalue weighted by molar-refractivity contribution is 7.89. The summed E-state index contributed by atoms with van der Waals surface area (Å²) in [5.74, 6) is 0.450. The van der Waals surface area contributed by atoms with Crippen molar-refractivity contribution in [2.45, 2.75) is 56.9 Å². The molecule has 1 aromatic carbocycles. The molecule has 170 valence electrons. The van der Waals surface area contributed by atoms with Crippen molar-refractivity contribution >= 4 is 22.0 Å². The fourth-order valence-corrected chi connectivity index (χ4v) is 6.57. The van der Waals surface area contributed by atoms with Crippen molar-refractivity contribution in [3.8, 4) is 0 Å². The number of carbonyl (C=O) groups excluding carboxylic acids is 2. The Bertz CT molecular complexity index is 977. The van der Waals surface area contributed by atoms with Gasteiger partial charge in [0.1, 0.15) is 5.54 Å². The van der Waals surface area contributed by atoms with E-state index in [1.54, 1.807) is 6.07 Å². The van der Waals surface area contributed by atoms with Crippen LogP contribution in [0.3, 0.4) is 0 Å². The number of sulfonamides is 1. The van der Waals surface area contributed by atoms with E-state index in [0.29, 0.717) is 49.8 Å². The summed E-state index contributed by atoms with van der Waals surface area (Å²) in [6.07, 6.45) is 3.26. The van der Waals surface area contributed by atoms with Crippen LogP contribution in [-0.2, 0) is 14.8 Å². The summed E-state index contributed by atoms with van der Waals surface area (Å²) in [6.45, 7) is 7.77. The molecule has 1 spiro atoms. The van der Waals surface area contributed by atoms with Crippen molar-refractivity contribution in [1.29, 1.82) is 0 Å². The minimum atomic E-state index is -3.56. The van der Waals surface area contributed by atoms with Gasteiger partial charge in [-0.15, -0.1) is 0 Å². The van der Waals surface area contributed by atoms with E-state index in [-0.39, 0.29) is 18.6 Å². The molecule has 9 heteroatoms. The predicted molar refractivity (Wildman–Crippen MR) is 117 cm³/mol. The van der Waals surface area contributed by atoms with E-state index in [1.165, 1.54) is 9.21 Å². The van der Waals surface area contributed by atoms with Crippen LogP contribution in [0.4, 0.5) is 4.79 Å². The van der Waals surface area contributed by atoms with Gasteiger partial charge in [0.25, 0.3) is 5.91 Å². The van der Waals surface area contributed by atoms with Crippen molar-refractivity contribution in [3.05, 3.63) is 29.3 Å². The van der Waals surface area contributed by atoms with Crippen LogP contribution in [0.25, 0.3) is 0 Å². The SMILES string of the molecule is Cc1ccc(S(=O)(=O)N2CCN(CN3C(=O)NC4(CCC(C)CC4)C3=O)CC2)c(C)c1. The first-order valence-electron chi connectivity index (χ1n) is 11.1. The minimum Gasteiger partial charge on any atom is -0.323 e. The zero-order valence-corrected chi connectivity index (χ0v) is 19.4. The van der Waals surface area contributed by atoms with Gasteiger partial charge in [0.2, 0.25) is 10.0 Å². The van der Waals surface area contributed by atoms with Crippen molar-refractivity contribution < 1.29 is 18.0 Å². The average molecular weight is 449 g/mol. The number of aryl methyl sites for hydroxylation is 2. The molecule has 0 radical (unpaired) electrons. The van der Waals surface area contributed by atoms with E-state index in [2.05, 4.69) is 12.2 Å². The molecular weight excluding hydrogens is 416 g/mol. The second-order valence-electron chi connectivity index (χ2n) is 9.36. The molecule has 31 heavy (non-hydrogen) atoms. The van der Waals surface area contributed by atoms with E-state index < -0.39 is 15.6 Å². The third-order valence-corrected chi connectivity index (χ3v) is 9.05. The van der Waals surface area contributed by atoms with Gasteiger partial charge in [0.05, 0.1) is 11.6 Å². The number of nitrogens with one attached hydrogen (secondary N) is 1. The maximum atomic E-state index is 13.1. The zero-order valence-electron chi connectivity index (χ0n) is 18.6. The van der Waals surface area contributed by atoms with Crippen LogP contribution < -0.4 is 5.32 Å². The van der Waals surface area contributed by atoms with Gasteiger partial charge < -0.3 is 5.32 Å². The maximum Gasteiger partial charge on any atom is 0.326 e. The molecule has 3 aliphatic rings. The van der Waals surface area contributed by atoms with Crippen molar-refractivity contribution in [2.24, 2.45) is 5.92 Å². The normalized spacial score (nSPS) is 28.4. The molecule has 1 aliphatic carbocycles. The Kier molecular flexibility index (Phi) is 5.87. The lowest BCUT2D eigenvalue weighted by molar-refractivity contribution is -0.134. The average Bonchev–Trinajstić information content (AvgIpc) is 2.94. The van der Waals surface area contributed by atoms with Crippen molar-refractivity contribution in [1.82, 2.24) is 19.4 Å². The quantitative estimate of drug-likeness (QED) is 0.712. The molecule has 3 fully saturated rings. The van der Waals surface area contributed by atoms with Crippen LogP contribution in [0.2, 0.25) is 0 Å². The molecule has 2 heterocycles. The Morgan fingerprint density at radius 1 is 1.06 bits per heavy atom. The smallest absolute Gasteiger partial charge is 0.323 e. The second-order valence-corrected chi connectivity index (χ2v) is 11.3. The molecule has 0 aromatic heterocycles. The maximum absolute atomic E-state index is 13.1. The number of hydrogen-bond donors (Lipinski definition) is 1. The van der Waals surface area contributed by atoms with Crippen LogP contribution in [0.1, 0.15) is 43.7 Å². The van der Waals surface area contributed by atoms with Crippen molar-refractivity contribution in [2.75, 3.05) is 32.8 Å². The number of hydrogen-bond acceptors (Lipinski definition) is 5. The molecule has 1 N–H and O–H groups in total. The van der Waals surface area contributed by atoms with E-state index in [9.17, 15) is 18.0 Å². The fourth-order valence-electron chi connectivity index (χ4n) is 4.94. The highest BCUT2D eigenvalue weighted by Crippen LogP contribution is 2.36. The van der Waals surface area contributed by atoms with Gasteiger partial charge in [-0.25, -0.2) is 18.1 Å². The highest BCUT2D eigenvalue weighted by atomic mass is 32.2. The van der Waals surface area contributed by atoms with Gasteiger partial charge in [0, 0.05) is 26.2 Å². The molecule has 4 rings (SSSR count). The van der Waals surface area contributed by atoms with E-state index >= 15 is 0 Å². The first-order valence-corrected chi connectivity index (χ1v) is 12.5. The Labute approximate surface area is 184 Å². The summed E-state index contributed by atoms with van der Waals surface area (Å²) < 4.78 is 27.7. The molecule has 0 bridgehead atoms. The molecule has 0 atom stereocenters. The number of rotatable bonds is 4. The fraction of sp³-hybridized carbons (Fsp3) is 0.636. The molecular formula is C22H32N4O4S. The van der Waals surface area contributed by atoms with E-state index in [1.807, 2.05) is 30.9 Å². The number of benzene rings is 1. The monoisotopic (exact) mass is 448 g/mol. The van der Waals surface area contributed by atoms with Crippen LogP contribution in [0.5, 0.6) is 0 Å². The van der Waals surface area contributed by atoms with Crippen LogP contribution in [-0.4, -0.2) is 72.8 Å². The summed E-state index contributed by atoms with van der Waals surface area (Å²) in [5, 5.41) is 2.95. The van der Waals surface area contributed by atoms with Gasteiger partial charge in [0.15, 0.2) is 0 Å². The van der Waals surface area contributed by atoms with Gasteiger partial charge in [-0.1, -0.05) is 24.6 Å². The van der Waals surface area contributed by atoms with Gasteiger partial charge in [-0.2, -0.15) is 4.31 Å². The lowest BCUT2D eigenvalue weighted by Gasteiger charge is -2.36. The van der Waals surface area contributed by atoms with Gasteiger partial charge in [-0.3, -0.25) is 9.69 Å². The standard InChI is InChI=1S/C22H32N4O4S/c1-16-6-8-22(9-7-16)20(27)26(21(28)23-22)15-24-10-12-25(13-11-24)31(29,30)19-5-4-17(2)14-18(19)3/h4-5,14,16H,6-13,15H2,1-3H3,(H,23,28). The second kappa shape index (κ2) is 8.18. The zero-order chi connectivity index (χ0) is 22.4. The highest BCUT2D eigenvalue weighted by Gasteiger charge is 2.52. The number of amides is 3. The summed E-state index contributed by atoms with van der Waals surface area (Å²) in [4.78, 5) is 29.2. The number of carbonyl (C=O) groups is 2. The van der Waals surface area contributed by atoms with Crippen LogP contribution >= 0.6 is 0 Å². The molecule has 8 nitrogen and oxygen atoms in total. The van der Waals surface area contributed by atoms with E-state index in [4.69, 9.17) is 0 Å². The minimum absolute atomic E-state index is 0.130. The first-order chi connectivity index (χ1) is 14.6. The molecule has 2 aliphatic heterocycles. The lowest BCUT2D eigenvalue weighted by atomic mass is 9.77. The molecule has 0 unspecified atom stereocenters. The lowest BCUT2D eigenvalue weighted by Crippen LogP contribution is -2.53. The molecule has 2 saturated heterocycles. The van der Waals surface area contributed by atoms with Crippen molar-refractivity contribution in [3.63, 3.8) is 0 Å². The summed E-state index contributed by atoms with van der Waals surface area (Å²) in [6, 6.07) is 5.03. The third kappa shape index (κ3) is 4.10. The summed E-state index contributed by atoms with van der Waals surface area (Å²) in [5.41, 5.74) is 1.03. The molecule has 1 saturated carbocycles. The van der Waals surface area contributed by atoms with Crippen LogP contribution in [0, 0.1) is 19.8 Å². The Balaban J connectivity index is 1.38. The number of nitrogens with zero attached hydrogens (tertiary/aromatic N) is 3. The number of urea groups is 1.